The number of alkyl halides is 3. The van der Waals surface area contributed by atoms with E-state index in [1.807, 2.05) is 6.07 Å². The zero-order valence-corrected chi connectivity index (χ0v) is 16.5. The maximum atomic E-state index is 13.0. The SMILES string of the molecule is CC(=O)Nc1c(C#N)c(C)c(C)n1-c1c(Br)cc(C(F)(F)F)cc1Br. The first-order valence-corrected chi connectivity index (χ1v) is 8.53. The van der Waals surface area contributed by atoms with Gasteiger partial charge in [-0.1, -0.05) is 0 Å². The second-order valence-corrected chi connectivity index (χ2v) is 7.06. The third-order valence-electron chi connectivity index (χ3n) is 3.69. The van der Waals surface area contributed by atoms with Crippen molar-refractivity contribution in [2.75, 3.05) is 5.32 Å². The number of rotatable bonds is 2. The fourth-order valence-electron chi connectivity index (χ4n) is 2.45. The van der Waals surface area contributed by atoms with E-state index in [0.29, 0.717) is 16.9 Å². The van der Waals surface area contributed by atoms with Gasteiger partial charge in [0.25, 0.3) is 0 Å². The summed E-state index contributed by atoms with van der Waals surface area (Å²) in [4.78, 5) is 11.5. The predicted molar refractivity (Wildman–Crippen MR) is 94.7 cm³/mol. The van der Waals surface area contributed by atoms with E-state index in [4.69, 9.17) is 0 Å². The summed E-state index contributed by atoms with van der Waals surface area (Å²) in [7, 11) is 0. The number of hydrogen-bond donors (Lipinski definition) is 1. The molecule has 2 aromatic rings. The smallest absolute Gasteiger partial charge is 0.311 e. The molecule has 0 fully saturated rings. The van der Waals surface area contributed by atoms with Crippen LogP contribution in [0.25, 0.3) is 5.69 Å². The van der Waals surface area contributed by atoms with Gasteiger partial charge in [0.2, 0.25) is 5.91 Å². The molecule has 132 valence electrons. The van der Waals surface area contributed by atoms with Gasteiger partial charge in [-0.25, -0.2) is 0 Å². The summed E-state index contributed by atoms with van der Waals surface area (Å²) >= 11 is 6.34. The number of nitrogens with one attached hydrogen (secondary N) is 1. The highest BCUT2D eigenvalue weighted by Gasteiger charge is 2.32. The molecule has 0 saturated carbocycles. The Morgan fingerprint density at radius 3 is 2.16 bits per heavy atom. The molecule has 1 N–H and O–H groups in total. The van der Waals surface area contributed by atoms with Gasteiger partial charge >= 0.3 is 6.18 Å². The normalized spacial score (nSPS) is 11.3. The molecule has 2 rings (SSSR count). The van der Waals surface area contributed by atoms with Gasteiger partial charge in [0.05, 0.1) is 16.8 Å². The van der Waals surface area contributed by atoms with Gasteiger partial charge in [0.1, 0.15) is 11.9 Å². The van der Waals surface area contributed by atoms with E-state index in [0.717, 1.165) is 12.1 Å². The third kappa shape index (κ3) is 3.60. The lowest BCUT2D eigenvalue weighted by atomic mass is 10.2. The summed E-state index contributed by atoms with van der Waals surface area (Å²) in [6, 6.07) is 3.94. The van der Waals surface area contributed by atoms with Crippen molar-refractivity contribution < 1.29 is 18.0 Å². The Kier molecular flexibility index (Phi) is 5.35. The van der Waals surface area contributed by atoms with Crippen LogP contribution in [0.4, 0.5) is 19.0 Å². The molecule has 1 aromatic heterocycles. The minimum atomic E-state index is -4.50. The van der Waals surface area contributed by atoms with Crippen LogP contribution in [0.15, 0.2) is 21.1 Å². The molecule has 0 spiro atoms. The number of benzene rings is 1. The Balaban J connectivity index is 2.84. The minimum absolute atomic E-state index is 0.170. The van der Waals surface area contributed by atoms with Crippen LogP contribution in [0.1, 0.15) is 29.3 Å². The first kappa shape index (κ1) is 19.5. The van der Waals surface area contributed by atoms with Gasteiger partial charge in [-0.15, -0.1) is 0 Å². The summed E-state index contributed by atoms with van der Waals surface area (Å²) in [6.07, 6.45) is -4.50. The van der Waals surface area contributed by atoms with Crippen molar-refractivity contribution in [3.05, 3.63) is 43.5 Å². The van der Waals surface area contributed by atoms with E-state index in [1.165, 1.54) is 6.92 Å². The Bertz CT molecular complexity index is 888. The van der Waals surface area contributed by atoms with Crippen molar-refractivity contribution in [1.29, 1.82) is 5.26 Å². The Morgan fingerprint density at radius 2 is 1.76 bits per heavy atom. The highest BCUT2D eigenvalue weighted by molar-refractivity contribution is 9.11. The molecule has 0 aliphatic heterocycles. The van der Waals surface area contributed by atoms with Crippen LogP contribution in [0.3, 0.4) is 0 Å². The molecule has 1 amide bonds. The Morgan fingerprint density at radius 1 is 1.24 bits per heavy atom. The van der Waals surface area contributed by atoms with Crippen molar-refractivity contribution in [1.82, 2.24) is 4.57 Å². The van der Waals surface area contributed by atoms with E-state index >= 15 is 0 Å². The molecule has 0 aliphatic carbocycles. The molecule has 0 saturated heterocycles. The topological polar surface area (TPSA) is 57.8 Å². The standard InChI is InChI=1S/C16H12Br2F3N3O/c1-7-8(2)24(15(11(7)6-22)23-9(3)25)14-12(17)4-10(5-13(14)18)16(19,20)21/h4-5H,1-3H3,(H,23,25). The maximum Gasteiger partial charge on any atom is 0.416 e. The molecular formula is C16H12Br2F3N3O. The molecule has 9 heteroatoms. The van der Waals surface area contributed by atoms with Crippen LogP contribution >= 0.6 is 31.9 Å². The number of aromatic nitrogens is 1. The minimum Gasteiger partial charge on any atom is -0.311 e. The fourth-order valence-corrected chi connectivity index (χ4v) is 3.99. The lowest BCUT2D eigenvalue weighted by Crippen LogP contribution is -2.13. The molecule has 0 bridgehead atoms. The van der Waals surface area contributed by atoms with E-state index in [9.17, 15) is 23.2 Å². The molecule has 0 radical (unpaired) electrons. The van der Waals surface area contributed by atoms with Crippen LogP contribution < -0.4 is 5.32 Å². The summed E-state index contributed by atoms with van der Waals surface area (Å²) in [5, 5.41) is 12.0. The largest absolute Gasteiger partial charge is 0.416 e. The Hall–Kier alpha value is -1.79. The fraction of sp³-hybridized carbons (Fsp3) is 0.250. The van der Waals surface area contributed by atoms with Crippen molar-refractivity contribution in [2.24, 2.45) is 0 Å². The second-order valence-electron chi connectivity index (χ2n) is 5.35. The number of amides is 1. The molecule has 1 heterocycles. The highest BCUT2D eigenvalue weighted by Crippen LogP contribution is 2.41. The van der Waals surface area contributed by atoms with Gasteiger partial charge in [-0.05, 0) is 63.4 Å². The van der Waals surface area contributed by atoms with Crippen molar-refractivity contribution in [3.63, 3.8) is 0 Å². The molecule has 0 aliphatic rings. The Labute approximate surface area is 158 Å². The number of carbonyl (C=O) groups excluding carboxylic acids is 1. The van der Waals surface area contributed by atoms with Gasteiger partial charge in [-0.2, -0.15) is 18.4 Å². The zero-order chi connectivity index (χ0) is 19.1. The third-order valence-corrected chi connectivity index (χ3v) is 4.90. The number of halogens is 5. The molecule has 1 aromatic carbocycles. The van der Waals surface area contributed by atoms with Gasteiger partial charge in [-0.3, -0.25) is 9.36 Å². The second kappa shape index (κ2) is 6.84. The number of carbonyl (C=O) groups is 1. The number of hydrogen-bond acceptors (Lipinski definition) is 2. The summed E-state index contributed by atoms with van der Waals surface area (Å²) in [5.41, 5.74) is 1.05. The monoisotopic (exact) mass is 477 g/mol. The van der Waals surface area contributed by atoms with Crippen LogP contribution in [-0.4, -0.2) is 10.5 Å². The van der Waals surface area contributed by atoms with E-state index < -0.39 is 17.6 Å². The first-order chi connectivity index (χ1) is 11.5. The molecule has 0 atom stereocenters. The summed E-state index contributed by atoms with van der Waals surface area (Å²) in [5.74, 6) is -0.180. The summed E-state index contributed by atoms with van der Waals surface area (Å²) < 4.78 is 40.8. The van der Waals surface area contributed by atoms with Gasteiger partial charge < -0.3 is 5.32 Å². The average molecular weight is 479 g/mol. The van der Waals surface area contributed by atoms with Crippen molar-refractivity contribution in [2.45, 2.75) is 26.9 Å². The lowest BCUT2D eigenvalue weighted by Gasteiger charge is -2.18. The van der Waals surface area contributed by atoms with E-state index in [-0.39, 0.29) is 20.3 Å². The number of nitriles is 1. The quantitative estimate of drug-likeness (QED) is 0.622. The lowest BCUT2D eigenvalue weighted by molar-refractivity contribution is -0.137. The van der Waals surface area contributed by atoms with Crippen LogP contribution in [0.2, 0.25) is 0 Å². The number of nitrogens with zero attached hydrogens (tertiary/aromatic N) is 2. The zero-order valence-electron chi connectivity index (χ0n) is 13.3. The average Bonchev–Trinajstić information content (AvgIpc) is 2.69. The van der Waals surface area contributed by atoms with Crippen LogP contribution in [0.5, 0.6) is 0 Å². The molecule has 0 unspecified atom stereocenters. The highest BCUT2D eigenvalue weighted by atomic mass is 79.9. The maximum absolute atomic E-state index is 13.0. The predicted octanol–water partition coefficient (Wildman–Crippen LogP) is 5.47. The van der Waals surface area contributed by atoms with E-state index in [1.54, 1.807) is 18.4 Å². The summed E-state index contributed by atoms with van der Waals surface area (Å²) in [6.45, 7) is 4.72. The van der Waals surface area contributed by atoms with Crippen LogP contribution in [-0.2, 0) is 11.0 Å². The van der Waals surface area contributed by atoms with Gasteiger partial charge in [0, 0.05) is 21.6 Å². The van der Waals surface area contributed by atoms with Crippen LogP contribution in [0, 0.1) is 25.2 Å². The molecular weight excluding hydrogens is 467 g/mol. The first-order valence-electron chi connectivity index (χ1n) is 6.95. The van der Waals surface area contributed by atoms with Crippen molar-refractivity contribution in [3.8, 4) is 11.8 Å². The number of anilines is 1. The van der Waals surface area contributed by atoms with Gasteiger partial charge in [0.15, 0.2) is 0 Å². The molecule has 25 heavy (non-hydrogen) atoms. The van der Waals surface area contributed by atoms with Crippen molar-refractivity contribution >= 4 is 43.6 Å². The van der Waals surface area contributed by atoms with E-state index in [2.05, 4.69) is 37.2 Å². The molecule has 4 nitrogen and oxygen atoms in total.